The lowest BCUT2D eigenvalue weighted by molar-refractivity contribution is 0.255. The lowest BCUT2D eigenvalue weighted by atomic mass is 10.2. The molecule has 0 amide bonds. The van der Waals surface area contributed by atoms with E-state index in [0.29, 0.717) is 5.69 Å². The normalized spacial score (nSPS) is 13.0. The fourth-order valence-electron chi connectivity index (χ4n) is 1.74. The molecule has 0 saturated heterocycles. The Kier molecular flexibility index (Phi) is 6.72. The van der Waals surface area contributed by atoms with Crippen LogP contribution in [0.5, 0.6) is 0 Å². The Bertz CT molecular complexity index is 889. The summed E-state index contributed by atoms with van der Waals surface area (Å²) in [4.78, 5) is -0.237. The topological polar surface area (TPSA) is 153 Å². The van der Waals surface area contributed by atoms with Gasteiger partial charge < -0.3 is 5.32 Å². The number of sulfone groups is 1. The summed E-state index contributed by atoms with van der Waals surface area (Å²) in [6.07, 6.45) is 0. The molecule has 0 bridgehead atoms. The van der Waals surface area contributed by atoms with Crippen molar-refractivity contribution >= 4 is 36.0 Å². The molecule has 0 radical (unpaired) electrons. The summed E-state index contributed by atoms with van der Waals surface area (Å²) < 4.78 is 85.6. The molecule has 0 aliphatic carbocycles. The highest BCUT2D eigenvalue weighted by Crippen LogP contribution is 2.23. The van der Waals surface area contributed by atoms with Gasteiger partial charge in [0.05, 0.1) is 24.4 Å². The van der Waals surface area contributed by atoms with Crippen LogP contribution in [0, 0.1) is 0 Å². The number of hydrogen-bond acceptors (Lipinski definition) is 9. The zero-order valence-electron chi connectivity index (χ0n) is 12.8. The highest BCUT2D eigenvalue weighted by molar-refractivity contribution is 7.91. The van der Waals surface area contributed by atoms with E-state index in [0.717, 1.165) is 13.2 Å². The Labute approximate surface area is 140 Å². The largest absolute Gasteiger partial charge is 0.399 e. The van der Waals surface area contributed by atoms with Crippen molar-refractivity contribution in [2.45, 2.75) is 10.6 Å². The van der Waals surface area contributed by atoms with Crippen LogP contribution in [0.2, 0.25) is 0 Å². The maximum Gasteiger partial charge on any atom is 0.399 e. The number of hydrogen-bond donors (Lipinski definition) is 2. The average Bonchev–Trinajstić information content (AvgIpc) is 2.45. The van der Waals surface area contributed by atoms with E-state index in [-0.39, 0.29) is 10.5 Å². The second-order valence-electron chi connectivity index (χ2n) is 4.51. The van der Waals surface area contributed by atoms with Crippen LogP contribution < -0.4 is 5.32 Å². The van der Waals surface area contributed by atoms with Gasteiger partial charge in [-0.3, -0.25) is 8.74 Å². The van der Waals surface area contributed by atoms with Crippen molar-refractivity contribution in [3.8, 4) is 0 Å². The minimum atomic E-state index is -4.37. The molecule has 0 unspecified atom stereocenters. The summed E-state index contributed by atoms with van der Waals surface area (Å²) in [6.45, 7) is -0.667. The van der Waals surface area contributed by atoms with Crippen molar-refractivity contribution in [3.63, 3.8) is 0 Å². The summed E-state index contributed by atoms with van der Waals surface area (Å²) in [6, 6.07) is 3.64. The van der Waals surface area contributed by atoms with Crippen molar-refractivity contribution in [2.24, 2.45) is 0 Å². The van der Waals surface area contributed by atoms with Gasteiger partial charge in [-0.05, 0) is 23.8 Å². The number of nitrogens with one attached hydrogen (secondary N) is 1. The predicted molar refractivity (Wildman–Crippen MR) is 85.2 cm³/mol. The first-order chi connectivity index (χ1) is 10.9. The monoisotopic (exact) mass is 403 g/mol. The summed E-state index contributed by atoms with van der Waals surface area (Å²) >= 11 is 0. The van der Waals surface area contributed by atoms with Gasteiger partial charge in [0.25, 0.3) is 10.1 Å². The van der Waals surface area contributed by atoms with E-state index < -0.39 is 48.5 Å². The minimum Gasteiger partial charge on any atom is -0.388 e. The van der Waals surface area contributed by atoms with Gasteiger partial charge in [-0.2, -0.15) is 16.8 Å². The number of benzene rings is 1. The van der Waals surface area contributed by atoms with E-state index >= 15 is 0 Å². The molecule has 0 aromatic heterocycles. The van der Waals surface area contributed by atoms with E-state index in [2.05, 4.69) is 13.7 Å². The zero-order chi connectivity index (χ0) is 18.6. The molecule has 0 fully saturated rings. The summed E-state index contributed by atoms with van der Waals surface area (Å²) in [5.74, 6) is -1.44. The minimum absolute atomic E-state index is 0.0477. The second-order valence-corrected chi connectivity index (χ2v) is 9.46. The summed E-state index contributed by atoms with van der Waals surface area (Å²) in [5.41, 5.74) is 0.372. The third kappa shape index (κ3) is 6.33. The average molecular weight is 403 g/mol. The van der Waals surface area contributed by atoms with Gasteiger partial charge in [0, 0.05) is 12.7 Å². The molecule has 138 valence electrons. The smallest absolute Gasteiger partial charge is 0.388 e. The van der Waals surface area contributed by atoms with Crippen molar-refractivity contribution in [2.75, 3.05) is 31.8 Å². The van der Waals surface area contributed by atoms with Gasteiger partial charge in [-0.15, -0.1) is 0 Å². The van der Waals surface area contributed by atoms with Gasteiger partial charge in [0.15, 0.2) is 9.84 Å². The highest BCUT2D eigenvalue weighted by atomic mass is 32.3. The van der Waals surface area contributed by atoms with Crippen LogP contribution in [-0.4, -0.2) is 56.3 Å². The summed E-state index contributed by atoms with van der Waals surface area (Å²) in [7, 11) is -10.2. The molecule has 0 spiro atoms. The predicted octanol–water partition coefficient (Wildman–Crippen LogP) is -0.202. The highest BCUT2D eigenvalue weighted by Gasteiger charge is 2.20. The molecule has 0 heterocycles. The Morgan fingerprint density at radius 3 is 2.25 bits per heavy atom. The molecule has 2 N–H and O–H groups in total. The third-order valence-electron chi connectivity index (χ3n) is 2.83. The molecular weight excluding hydrogens is 386 g/mol. The Morgan fingerprint density at radius 1 is 1.12 bits per heavy atom. The van der Waals surface area contributed by atoms with Gasteiger partial charge in [0.2, 0.25) is 0 Å². The van der Waals surface area contributed by atoms with Crippen LogP contribution in [0.25, 0.3) is 0 Å². The van der Waals surface area contributed by atoms with E-state index in [1.165, 1.54) is 19.2 Å². The van der Waals surface area contributed by atoms with E-state index in [1.807, 2.05) is 0 Å². The molecule has 13 heteroatoms. The van der Waals surface area contributed by atoms with E-state index in [1.54, 1.807) is 0 Å². The third-order valence-corrected chi connectivity index (χ3v) is 6.04. The molecule has 0 atom stereocenters. The first kappa shape index (κ1) is 20.8. The fourth-order valence-corrected chi connectivity index (χ4v) is 3.99. The molecule has 10 nitrogen and oxygen atoms in total. The first-order valence-electron chi connectivity index (χ1n) is 6.34. The maximum absolute atomic E-state index is 12.2. The van der Waals surface area contributed by atoms with Crippen LogP contribution in [0.1, 0.15) is 5.56 Å². The maximum atomic E-state index is 12.2. The van der Waals surface area contributed by atoms with Gasteiger partial charge >= 0.3 is 10.4 Å². The van der Waals surface area contributed by atoms with Crippen LogP contribution in [0.15, 0.2) is 23.1 Å². The Balaban J connectivity index is 3.05. The lowest BCUT2D eigenvalue weighted by Crippen LogP contribution is -2.17. The SMILES string of the molecule is CNc1ccc(S(=O)(=O)CCOS(=O)(=O)OC)cc1CS(=O)(=O)O. The van der Waals surface area contributed by atoms with Crippen LogP contribution in [-0.2, 0) is 44.5 Å². The zero-order valence-corrected chi connectivity index (χ0v) is 15.2. The molecule has 0 saturated carbocycles. The van der Waals surface area contributed by atoms with Crippen molar-refractivity contribution in [3.05, 3.63) is 23.8 Å². The second kappa shape index (κ2) is 7.76. The van der Waals surface area contributed by atoms with Crippen molar-refractivity contribution in [1.29, 1.82) is 0 Å². The molecule has 24 heavy (non-hydrogen) atoms. The quantitative estimate of drug-likeness (QED) is 0.530. The van der Waals surface area contributed by atoms with Crippen molar-refractivity contribution in [1.82, 2.24) is 0 Å². The first-order valence-corrected chi connectivity index (χ1v) is 10.9. The molecule has 1 aromatic carbocycles. The van der Waals surface area contributed by atoms with E-state index in [4.69, 9.17) is 4.55 Å². The molecule has 1 rings (SSSR count). The van der Waals surface area contributed by atoms with Crippen LogP contribution in [0.4, 0.5) is 5.69 Å². The Hall–Kier alpha value is -1.25. The van der Waals surface area contributed by atoms with Crippen LogP contribution in [0.3, 0.4) is 0 Å². The summed E-state index contributed by atoms with van der Waals surface area (Å²) in [5, 5.41) is 2.68. The fraction of sp³-hybridized carbons (Fsp3) is 0.455. The number of anilines is 1. The van der Waals surface area contributed by atoms with Crippen LogP contribution >= 0.6 is 0 Å². The molecule has 0 aliphatic rings. The standard InChI is InChI=1S/C11H17NO9S3/c1-12-11-4-3-10(7-9(11)8-23(15,16)17)22(13,14)6-5-21-24(18,19)20-2/h3-4,7,12H,5-6,8H2,1-2H3,(H,15,16,17). The molecule has 1 aromatic rings. The molecule has 0 aliphatic heterocycles. The van der Waals surface area contributed by atoms with Gasteiger partial charge in [-0.1, -0.05) is 0 Å². The molecular formula is C11H17NO9S3. The van der Waals surface area contributed by atoms with E-state index in [9.17, 15) is 25.3 Å². The van der Waals surface area contributed by atoms with Gasteiger partial charge in [0.1, 0.15) is 5.75 Å². The number of rotatable bonds is 9. The van der Waals surface area contributed by atoms with Crippen molar-refractivity contribution < 1.29 is 38.2 Å². The Morgan fingerprint density at radius 2 is 1.75 bits per heavy atom. The lowest BCUT2D eigenvalue weighted by Gasteiger charge is -2.11. The van der Waals surface area contributed by atoms with Gasteiger partial charge in [-0.25, -0.2) is 12.6 Å².